The molecule has 0 aliphatic carbocycles. The van der Waals surface area contributed by atoms with E-state index < -0.39 is 57.1 Å². The molecule has 0 aromatic heterocycles. The van der Waals surface area contributed by atoms with Crippen LogP contribution in [0.3, 0.4) is 0 Å². The molecule has 13 heteroatoms. The van der Waals surface area contributed by atoms with Gasteiger partial charge in [-0.05, 0) is 38.0 Å². The lowest BCUT2D eigenvalue weighted by Crippen LogP contribution is -2.43. The molecular formula is C41H75O12P. The van der Waals surface area contributed by atoms with Crippen LogP contribution >= 0.6 is 7.82 Å². The van der Waals surface area contributed by atoms with Gasteiger partial charge in [0, 0.05) is 25.2 Å². The second-order valence-electron chi connectivity index (χ2n) is 15.3. The molecule has 0 bridgehead atoms. The lowest BCUT2D eigenvalue weighted by atomic mass is 9.87. The highest BCUT2D eigenvalue weighted by molar-refractivity contribution is 7.46. The average molecular weight is 791 g/mol. The van der Waals surface area contributed by atoms with Crippen molar-refractivity contribution in [3.05, 3.63) is 24.3 Å². The fraction of sp³-hybridized carbons (Fsp3) is 0.854. The van der Waals surface area contributed by atoms with E-state index in [4.69, 9.17) is 24.0 Å². The minimum Gasteiger partial charge on any atom is -0.462 e. The second-order valence-corrected chi connectivity index (χ2v) is 16.6. The Balaban J connectivity index is 2.33. The third kappa shape index (κ3) is 28.7. The Morgan fingerprint density at radius 2 is 1.39 bits per heavy atom. The van der Waals surface area contributed by atoms with Crippen molar-refractivity contribution in [1.29, 1.82) is 0 Å². The van der Waals surface area contributed by atoms with Gasteiger partial charge in [0.25, 0.3) is 0 Å². The van der Waals surface area contributed by atoms with E-state index in [0.29, 0.717) is 32.1 Å². The number of ether oxygens (including phenoxy) is 3. The second kappa shape index (κ2) is 31.5. The smallest absolute Gasteiger partial charge is 0.462 e. The Labute approximate surface area is 325 Å². The summed E-state index contributed by atoms with van der Waals surface area (Å²) in [6.07, 6.45) is 23.8. The predicted molar refractivity (Wildman–Crippen MR) is 210 cm³/mol. The maximum absolute atomic E-state index is 12.4. The fourth-order valence-corrected chi connectivity index (χ4v) is 6.84. The van der Waals surface area contributed by atoms with Crippen molar-refractivity contribution >= 4 is 19.8 Å². The van der Waals surface area contributed by atoms with Crippen LogP contribution in [0.15, 0.2) is 24.3 Å². The third-order valence-corrected chi connectivity index (χ3v) is 10.2. The van der Waals surface area contributed by atoms with Gasteiger partial charge in [-0.2, -0.15) is 0 Å². The van der Waals surface area contributed by atoms with Crippen molar-refractivity contribution in [1.82, 2.24) is 0 Å². The molecule has 316 valence electrons. The number of allylic oxidation sites excluding steroid dienone is 2. The number of aliphatic hydroxyl groups excluding tert-OH is 3. The monoisotopic (exact) mass is 790 g/mol. The van der Waals surface area contributed by atoms with E-state index in [1.54, 1.807) is 12.2 Å². The lowest BCUT2D eigenvalue weighted by Gasteiger charge is -2.36. The van der Waals surface area contributed by atoms with Gasteiger partial charge in [-0.3, -0.25) is 14.1 Å². The summed E-state index contributed by atoms with van der Waals surface area (Å²) in [6.45, 7) is 5.66. The molecule has 1 rings (SSSR count). The van der Waals surface area contributed by atoms with Crippen molar-refractivity contribution in [2.75, 3.05) is 13.2 Å². The van der Waals surface area contributed by atoms with Gasteiger partial charge >= 0.3 is 19.8 Å². The first-order chi connectivity index (χ1) is 25.8. The highest BCUT2D eigenvalue weighted by atomic mass is 31.2. The quantitative estimate of drug-likeness (QED) is 0.0185. The number of rotatable bonds is 33. The van der Waals surface area contributed by atoms with Gasteiger partial charge in [0.2, 0.25) is 0 Å². The van der Waals surface area contributed by atoms with E-state index in [0.717, 1.165) is 44.4 Å². The summed E-state index contributed by atoms with van der Waals surface area (Å²) >= 11 is 0. The zero-order valence-corrected chi connectivity index (χ0v) is 34.5. The third-order valence-electron chi connectivity index (χ3n) is 9.70. The maximum Gasteiger partial charge on any atom is 0.469 e. The largest absolute Gasteiger partial charge is 0.469 e. The van der Waals surface area contributed by atoms with Crippen LogP contribution in [-0.2, 0) is 32.9 Å². The first kappa shape index (κ1) is 50.4. The van der Waals surface area contributed by atoms with Gasteiger partial charge in [0.1, 0.15) is 6.61 Å². The van der Waals surface area contributed by atoms with Gasteiger partial charge < -0.3 is 39.3 Å². The number of esters is 2. The molecular weight excluding hydrogens is 715 g/mol. The van der Waals surface area contributed by atoms with Gasteiger partial charge in [0.05, 0.1) is 24.9 Å². The van der Waals surface area contributed by atoms with Crippen LogP contribution in [0.2, 0.25) is 0 Å². The number of aliphatic hydroxyl groups is 3. The van der Waals surface area contributed by atoms with Crippen molar-refractivity contribution < 1.29 is 58.0 Å². The summed E-state index contributed by atoms with van der Waals surface area (Å²) in [4.78, 5) is 43.1. The summed E-state index contributed by atoms with van der Waals surface area (Å²) in [5.41, 5.74) is 0. The molecule has 1 fully saturated rings. The summed E-state index contributed by atoms with van der Waals surface area (Å²) in [6, 6.07) is 0. The number of phosphoric ester groups is 1. The molecule has 0 spiro atoms. The van der Waals surface area contributed by atoms with Crippen LogP contribution in [0.5, 0.6) is 0 Å². The highest BCUT2D eigenvalue weighted by Gasteiger charge is 2.35. The minimum absolute atomic E-state index is 0.0748. The molecule has 12 nitrogen and oxygen atoms in total. The van der Waals surface area contributed by atoms with Crippen molar-refractivity contribution in [2.45, 2.75) is 199 Å². The van der Waals surface area contributed by atoms with Crippen LogP contribution in [0, 0.1) is 11.8 Å². The Kier molecular flexibility index (Phi) is 29.4. The SMILES string of the molecule is CCCCC[C@H](O)/C=C/[C@H]1OC(O)C[C@H](O)[C@@H]1C/C=C\CCCC(=O)OC[C@H](COP(=O)(O)O)OC(=O)CCCCCCCCCCCCCCC(C)C. The summed E-state index contributed by atoms with van der Waals surface area (Å²) in [7, 11) is -4.82. The number of carbonyl (C=O) groups is 2. The van der Waals surface area contributed by atoms with Crippen molar-refractivity contribution in [3.63, 3.8) is 0 Å². The molecule has 0 saturated carbocycles. The molecule has 54 heavy (non-hydrogen) atoms. The van der Waals surface area contributed by atoms with Gasteiger partial charge in [-0.15, -0.1) is 0 Å². The van der Waals surface area contributed by atoms with Crippen LogP contribution in [0.25, 0.3) is 0 Å². The van der Waals surface area contributed by atoms with Gasteiger partial charge in [-0.1, -0.05) is 141 Å². The van der Waals surface area contributed by atoms with Crippen molar-refractivity contribution in [3.8, 4) is 0 Å². The van der Waals surface area contributed by atoms with Crippen molar-refractivity contribution in [2.24, 2.45) is 11.8 Å². The molecule has 1 aliphatic rings. The first-order valence-electron chi connectivity index (χ1n) is 20.9. The number of hydrogen-bond acceptors (Lipinski definition) is 10. The Morgan fingerprint density at radius 1 is 0.796 bits per heavy atom. The molecule has 0 radical (unpaired) electrons. The molecule has 5 N–H and O–H groups in total. The lowest BCUT2D eigenvalue weighted by molar-refractivity contribution is -0.199. The molecule has 0 amide bonds. The van der Waals surface area contributed by atoms with E-state index in [9.17, 15) is 29.5 Å². The maximum atomic E-state index is 12.4. The number of phosphoric acid groups is 1. The summed E-state index contributed by atoms with van der Waals surface area (Å²) < 4.78 is 32.0. The Morgan fingerprint density at radius 3 is 2.00 bits per heavy atom. The average Bonchev–Trinajstić information content (AvgIpc) is 3.10. The van der Waals surface area contributed by atoms with Gasteiger partial charge in [-0.25, -0.2) is 4.57 Å². The van der Waals surface area contributed by atoms with E-state index >= 15 is 0 Å². The molecule has 6 atom stereocenters. The molecule has 1 heterocycles. The first-order valence-corrected chi connectivity index (χ1v) is 22.4. The highest BCUT2D eigenvalue weighted by Crippen LogP contribution is 2.36. The van der Waals surface area contributed by atoms with Crippen LogP contribution < -0.4 is 0 Å². The topological polar surface area (TPSA) is 189 Å². The Bertz CT molecular complexity index is 1060. The summed E-state index contributed by atoms with van der Waals surface area (Å²) in [5.74, 6) is -0.585. The van der Waals surface area contributed by atoms with E-state index in [-0.39, 0.29) is 31.8 Å². The predicted octanol–water partition coefficient (Wildman–Crippen LogP) is 8.37. The van der Waals surface area contributed by atoms with E-state index in [1.165, 1.54) is 57.8 Å². The standard InChI is InChI=1S/C41H75O12P/c1-4-5-18-24-34(42)28-29-38-36(37(43)30-41(46)53-38)25-20-16-17-21-26-39(44)50-31-35(32-51-54(47,48)49)52-40(45)27-22-15-13-11-9-7-6-8-10-12-14-19-23-33(2)3/h16,20,28-29,33-38,41-43,46H,4-15,17-19,21-27,30-32H2,1-3H3,(H2,47,48,49)/b20-16-,29-28+/t34-,35+,36-,37-,38+,41?/m0/s1. The van der Waals surface area contributed by atoms with Crippen LogP contribution in [-0.4, -0.2) is 81.0 Å². The molecule has 0 aromatic rings. The number of carbonyl (C=O) groups excluding carboxylic acids is 2. The molecule has 1 aliphatic heterocycles. The van der Waals surface area contributed by atoms with E-state index in [1.807, 2.05) is 12.2 Å². The Hall–Kier alpha value is -1.63. The molecule has 0 aromatic carbocycles. The van der Waals surface area contributed by atoms with Crippen LogP contribution in [0.1, 0.15) is 168 Å². The van der Waals surface area contributed by atoms with Crippen LogP contribution in [0.4, 0.5) is 0 Å². The normalized spacial score (nSPS) is 20.5. The molecule has 1 saturated heterocycles. The minimum atomic E-state index is -4.82. The van der Waals surface area contributed by atoms with E-state index in [2.05, 4.69) is 25.3 Å². The zero-order valence-electron chi connectivity index (χ0n) is 33.6. The van der Waals surface area contributed by atoms with Gasteiger partial charge in [0.15, 0.2) is 12.4 Å². The fourth-order valence-electron chi connectivity index (χ4n) is 6.48. The zero-order chi connectivity index (χ0) is 40.0. The molecule has 1 unspecified atom stereocenters. The number of hydrogen-bond donors (Lipinski definition) is 5. The summed E-state index contributed by atoms with van der Waals surface area (Å²) in [5, 5.41) is 30.8. The number of unbranched alkanes of at least 4 members (excludes halogenated alkanes) is 14.